The molecule has 0 saturated carbocycles. The SMILES string of the molecule is CCC(=O)Nc1nc(-c2ccc3c(c2)OCO3)nc2c1[C@H](O)Oc1ccccc1-2. The first kappa shape index (κ1) is 17.4. The molecule has 3 aromatic rings. The van der Waals surface area contributed by atoms with Crippen LogP contribution in [0.5, 0.6) is 17.2 Å². The molecule has 0 spiro atoms. The van der Waals surface area contributed by atoms with Gasteiger partial charge in [-0.1, -0.05) is 19.1 Å². The van der Waals surface area contributed by atoms with E-state index in [1.165, 1.54) is 0 Å². The Morgan fingerprint density at radius 3 is 2.83 bits per heavy atom. The molecule has 5 rings (SSSR count). The third kappa shape index (κ3) is 2.94. The molecule has 1 amide bonds. The van der Waals surface area contributed by atoms with E-state index in [4.69, 9.17) is 19.2 Å². The quantitative estimate of drug-likeness (QED) is 0.706. The van der Waals surface area contributed by atoms with Gasteiger partial charge in [-0.2, -0.15) is 0 Å². The number of carbonyl (C=O) groups is 1. The van der Waals surface area contributed by atoms with Gasteiger partial charge in [-0.25, -0.2) is 9.97 Å². The molecule has 0 fully saturated rings. The average molecular weight is 391 g/mol. The number of ether oxygens (including phenoxy) is 3. The Morgan fingerprint density at radius 2 is 1.97 bits per heavy atom. The average Bonchev–Trinajstić information content (AvgIpc) is 3.21. The number of hydrogen-bond acceptors (Lipinski definition) is 7. The third-order valence-electron chi connectivity index (χ3n) is 4.78. The van der Waals surface area contributed by atoms with E-state index in [-0.39, 0.29) is 24.9 Å². The number of carbonyl (C=O) groups excluding carboxylic acids is 1. The smallest absolute Gasteiger partial charge is 0.231 e. The molecule has 3 heterocycles. The first-order valence-corrected chi connectivity index (χ1v) is 9.20. The molecule has 0 saturated heterocycles. The van der Waals surface area contributed by atoms with Crippen molar-refractivity contribution in [3.05, 3.63) is 48.0 Å². The molecule has 0 aliphatic carbocycles. The van der Waals surface area contributed by atoms with Gasteiger partial charge in [0.05, 0.1) is 11.3 Å². The Balaban J connectivity index is 1.71. The summed E-state index contributed by atoms with van der Waals surface area (Å²) < 4.78 is 16.4. The van der Waals surface area contributed by atoms with E-state index in [0.717, 1.165) is 0 Å². The van der Waals surface area contributed by atoms with Crippen LogP contribution in [-0.2, 0) is 4.79 Å². The van der Waals surface area contributed by atoms with Crippen LogP contribution in [0.15, 0.2) is 42.5 Å². The molecular formula is C21H17N3O5. The molecule has 2 aliphatic heterocycles. The van der Waals surface area contributed by atoms with Gasteiger partial charge in [-0.15, -0.1) is 0 Å². The van der Waals surface area contributed by atoms with Gasteiger partial charge in [-0.3, -0.25) is 4.79 Å². The van der Waals surface area contributed by atoms with Gasteiger partial charge in [0.1, 0.15) is 11.6 Å². The van der Waals surface area contributed by atoms with Crippen LogP contribution in [-0.4, -0.2) is 27.8 Å². The van der Waals surface area contributed by atoms with Crippen molar-refractivity contribution in [2.24, 2.45) is 0 Å². The lowest BCUT2D eigenvalue weighted by Crippen LogP contribution is -2.21. The highest BCUT2D eigenvalue weighted by Crippen LogP contribution is 2.44. The van der Waals surface area contributed by atoms with Gasteiger partial charge in [0.25, 0.3) is 0 Å². The number of aliphatic hydroxyl groups excluding tert-OH is 1. The van der Waals surface area contributed by atoms with Crippen molar-refractivity contribution in [1.29, 1.82) is 0 Å². The molecule has 0 bridgehead atoms. The third-order valence-corrected chi connectivity index (χ3v) is 4.78. The number of aromatic nitrogens is 2. The maximum atomic E-state index is 12.1. The molecule has 1 aromatic heterocycles. The predicted octanol–water partition coefficient (Wildman–Crippen LogP) is 3.27. The lowest BCUT2D eigenvalue weighted by molar-refractivity contribution is -0.115. The highest BCUT2D eigenvalue weighted by atomic mass is 16.7. The first-order chi connectivity index (χ1) is 14.1. The minimum atomic E-state index is -1.29. The second kappa shape index (κ2) is 6.75. The summed E-state index contributed by atoms with van der Waals surface area (Å²) in [4.78, 5) is 21.3. The Morgan fingerprint density at radius 1 is 1.14 bits per heavy atom. The molecule has 8 heteroatoms. The Hall–Kier alpha value is -3.65. The Kier molecular flexibility index (Phi) is 4.06. The van der Waals surface area contributed by atoms with Gasteiger partial charge >= 0.3 is 0 Å². The summed E-state index contributed by atoms with van der Waals surface area (Å²) in [5, 5.41) is 13.3. The number of hydrogen-bond donors (Lipinski definition) is 2. The Bertz CT molecular complexity index is 1130. The zero-order chi connectivity index (χ0) is 20.0. The molecule has 29 heavy (non-hydrogen) atoms. The number of nitrogens with zero attached hydrogens (tertiary/aromatic N) is 2. The van der Waals surface area contributed by atoms with Crippen LogP contribution in [0.4, 0.5) is 5.82 Å². The summed E-state index contributed by atoms with van der Waals surface area (Å²) in [7, 11) is 0. The van der Waals surface area contributed by atoms with Gasteiger partial charge in [0.15, 0.2) is 17.3 Å². The summed E-state index contributed by atoms with van der Waals surface area (Å²) in [5.74, 6) is 2.14. The number of fused-ring (bicyclic) bond motifs is 4. The van der Waals surface area contributed by atoms with Crippen LogP contribution in [0, 0.1) is 0 Å². The highest BCUT2D eigenvalue weighted by molar-refractivity contribution is 5.92. The first-order valence-electron chi connectivity index (χ1n) is 9.20. The van der Waals surface area contributed by atoms with E-state index in [1.807, 2.05) is 24.3 Å². The fourth-order valence-corrected chi connectivity index (χ4v) is 3.33. The molecule has 2 aliphatic rings. The number of amides is 1. The van der Waals surface area contributed by atoms with Crippen LogP contribution >= 0.6 is 0 Å². The van der Waals surface area contributed by atoms with E-state index < -0.39 is 6.29 Å². The number of aliphatic hydroxyl groups is 1. The van der Waals surface area contributed by atoms with E-state index in [2.05, 4.69) is 10.3 Å². The van der Waals surface area contributed by atoms with Crippen LogP contribution in [0.2, 0.25) is 0 Å². The number of nitrogens with one attached hydrogen (secondary N) is 1. The van der Waals surface area contributed by atoms with Gasteiger partial charge in [0, 0.05) is 17.5 Å². The maximum Gasteiger partial charge on any atom is 0.231 e. The van der Waals surface area contributed by atoms with Crippen molar-refractivity contribution >= 4 is 11.7 Å². The van der Waals surface area contributed by atoms with Crippen molar-refractivity contribution < 1.29 is 24.1 Å². The molecule has 146 valence electrons. The molecule has 2 aromatic carbocycles. The normalized spacial score (nSPS) is 15.9. The van der Waals surface area contributed by atoms with Gasteiger partial charge in [-0.05, 0) is 30.3 Å². The van der Waals surface area contributed by atoms with E-state index in [9.17, 15) is 9.90 Å². The molecule has 8 nitrogen and oxygen atoms in total. The number of para-hydroxylation sites is 1. The zero-order valence-electron chi connectivity index (χ0n) is 15.5. The second-order valence-corrected chi connectivity index (χ2v) is 6.59. The standard InChI is InChI=1S/C21H17N3O5/c1-2-16(25)22-20-17-18(12-5-3-4-6-13(12)29-21(17)26)23-19(24-20)11-7-8-14-15(9-11)28-10-27-14/h3-9,21,26H,2,10H2,1H3,(H,22,23,24,25)/t21-/m1/s1. The molecule has 0 unspecified atom stereocenters. The topological polar surface area (TPSA) is 103 Å². The van der Waals surface area contributed by atoms with Crippen molar-refractivity contribution in [3.63, 3.8) is 0 Å². The molecular weight excluding hydrogens is 374 g/mol. The fourth-order valence-electron chi connectivity index (χ4n) is 3.33. The predicted molar refractivity (Wildman–Crippen MR) is 104 cm³/mol. The van der Waals surface area contributed by atoms with E-state index in [1.54, 1.807) is 25.1 Å². The van der Waals surface area contributed by atoms with Crippen molar-refractivity contribution in [2.45, 2.75) is 19.6 Å². The van der Waals surface area contributed by atoms with Crippen molar-refractivity contribution in [3.8, 4) is 39.9 Å². The highest BCUT2D eigenvalue weighted by Gasteiger charge is 2.31. The van der Waals surface area contributed by atoms with E-state index in [0.29, 0.717) is 45.5 Å². The minimum absolute atomic E-state index is 0.165. The Labute approximate surface area is 166 Å². The van der Waals surface area contributed by atoms with Gasteiger partial charge < -0.3 is 24.6 Å². The molecule has 0 radical (unpaired) electrons. The van der Waals surface area contributed by atoms with E-state index >= 15 is 0 Å². The zero-order valence-corrected chi connectivity index (χ0v) is 15.5. The molecule has 2 N–H and O–H groups in total. The van der Waals surface area contributed by atoms with Crippen LogP contribution in [0.3, 0.4) is 0 Å². The fraction of sp³-hybridized carbons (Fsp3) is 0.190. The largest absolute Gasteiger partial charge is 0.460 e. The number of anilines is 1. The summed E-state index contributed by atoms with van der Waals surface area (Å²) >= 11 is 0. The summed E-state index contributed by atoms with van der Waals surface area (Å²) in [6, 6.07) is 12.7. The summed E-state index contributed by atoms with van der Waals surface area (Å²) in [5.41, 5.74) is 2.25. The second-order valence-electron chi connectivity index (χ2n) is 6.59. The maximum absolute atomic E-state index is 12.1. The van der Waals surface area contributed by atoms with Gasteiger partial charge in [0.2, 0.25) is 19.0 Å². The number of benzene rings is 2. The lowest BCUT2D eigenvalue weighted by atomic mass is 10.0. The monoisotopic (exact) mass is 391 g/mol. The van der Waals surface area contributed by atoms with Crippen LogP contribution in [0.25, 0.3) is 22.6 Å². The number of rotatable bonds is 3. The van der Waals surface area contributed by atoms with Crippen LogP contribution < -0.4 is 19.5 Å². The van der Waals surface area contributed by atoms with Crippen molar-refractivity contribution in [1.82, 2.24) is 9.97 Å². The van der Waals surface area contributed by atoms with Crippen LogP contribution in [0.1, 0.15) is 25.2 Å². The van der Waals surface area contributed by atoms with Crippen molar-refractivity contribution in [2.75, 3.05) is 12.1 Å². The minimum Gasteiger partial charge on any atom is -0.460 e. The summed E-state index contributed by atoms with van der Waals surface area (Å²) in [6.07, 6.45) is -1.02. The lowest BCUT2D eigenvalue weighted by Gasteiger charge is -2.26. The summed E-state index contributed by atoms with van der Waals surface area (Å²) in [6.45, 7) is 1.91. The molecule has 1 atom stereocenters.